The summed E-state index contributed by atoms with van der Waals surface area (Å²) in [6.45, 7) is 0. The topological polar surface area (TPSA) is 58.2 Å². The Morgan fingerprint density at radius 2 is 2.25 bits per heavy atom. The molecule has 2 N–H and O–H groups in total. The second-order valence-corrected chi connectivity index (χ2v) is 3.94. The first-order valence-electron chi connectivity index (χ1n) is 5.02. The molecule has 84 valence electrons. The zero-order chi connectivity index (χ0) is 11.5. The molecule has 5 heteroatoms. The molecule has 1 heterocycles. The number of hydrogen-bond acceptors (Lipinski definition) is 3. The Kier molecular flexibility index (Phi) is 3.14. The monoisotopic (exact) mass is 236 g/mol. The molecule has 1 aromatic rings. The highest BCUT2D eigenvalue weighted by atomic mass is 32.1. The number of anilines is 2. The lowest BCUT2D eigenvalue weighted by molar-refractivity contribution is -0.116. The van der Waals surface area contributed by atoms with Crippen molar-refractivity contribution in [2.24, 2.45) is 0 Å². The largest absolute Gasteiger partial charge is 0.326 e. The molecule has 0 saturated heterocycles. The zero-order valence-corrected chi connectivity index (χ0v) is 9.51. The van der Waals surface area contributed by atoms with Gasteiger partial charge in [0.1, 0.15) is 0 Å². The van der Waals surface area contributed by atoms with E-state index in [1.54, 1.807) is 12.1 Å². The molecule has 0 spiro atoms. The molecule has 16 heavy (non-hydrogen) atoms. The predicted molar refractivity (Wildman–Crippen MR) is 65.9 cm³/mol. The molecule has 2 amide bonds. The summed E-state index contributed by atoms with van der Waals surface area (Å²) in [7, 11) is 0. The van der Waals surface area contributed by atoms with Crippen molar-refractivity contribution < 1.29 is 9.59 Å². The third kappa shape index (κ3) is 2.36. The quantitative estimate of drug-likeness (QED) is 0.680. The second-order valence-electron chi connectivity index (χ2n) is 3.63. The van der Waals surface area contributed by atoms with Crippen LogP contribution in [-0.2, 0) is 16.0 Å². The van der Waals surface area contributed by atoms with Crippen molar-refractivity contribution in [2.45, 2.75) is 12.8 Å². The van der Waals surface area contributed by atoms with Crippen molar-refractivity contribution in [2.75, 3.05) is 16.4 Å². The molecule has 4 nitrogen and oxygen atoms in total. The molecule has 2 rings (SSSR count). The van der Waals surface area contributed by atoms with Crippen molar-refractivity contribution in [1.82, 2.24) is 0 Å². The number of hydrogen-bond donors (Lipinski definition) is 3. The normalized spacial score (nSPS) is 13.9. The molecule has 1 aromatic carbocycles. The zero-order valence-electron chi connectivity index (χ0n) is 8.62. The molecule has 0 saturated carbocycles. The number of rotatable bonds is 2. The maximum atomic E-state index is 11.1. The van der Waals surface area contributed by atoms with Crippen LogP contribution in [0.25, 0.3) is 0 Å². The molecule has 0 atom stereocenters. The summed E-state index contributed by atoms with van der Waals surface area (Å²) in [5.41, 5.74) is 2.63. The standard InChI is InChI=1S/C11H12N2O2S/c14-10-4-1-7-5-8(12-11(15)6-16)2-3-9(7)13-10/h2-3,5,16H,1,4,6H2,(H,12,15)(H,13,14). The first-order chi connectivity index (χ1) is 7.69. The maximum Gasteiger partial charge on any atom is 0.234 e. The van der Waals surface area contributed by atoms with Crippen molar-refractivity contribution in [1.29, 1.82) is 0 Å². The number of nitrogens with one attached hydrogen (secondary N) is 2. The van der Waals surface area contributed by atoms with Crippen LogP contribution < -0.4 is 10.6 Å². The SMILES string of the molecule is O=C(CS)Nc1ccc2c(c1)CCC(=O)N2. The number of benzene rings is 1. The fourth-order valence-corrected chi connectivity index (χ4v) is 1.74. The van der Waals surface area contributed by atoms with Gasteiger partial charge in [0.2, 0.25) is 11.8 Å². The lowest BCUT2D eigenvalue weighted by atomic mass is 10.0. The Labute approximate surface area is 98.8 Å². The summed E-state index contributed by atoms with van der Waals surface area (Å²) in [6.07, 6.45) is 1.21. The summed E-state index contributed by atoms with van der Waals surface area (Å²) < 4.78 is 0. The Balaban J connectivity index is 2.19. The summed E-state index contributed by atoms with van der Waals surface area (Å²) >= 11 is 3.89. The molecular formula is C11H12N2O2S. The summed E-state index contributed by atoms with van der Waals surface area (Å²) in [6, 6.07) is 5.46. The van der Waals surface area contributed by atoms with Gasteiger partial charge in [-0.1, -0.05) is 0 Å². The Morgan fingerprint density at radius 1 is 1.44 bits per heavy atom. The lowest BCUT2D eigenvalue weighted by Crippen LogP contribution is -2.19. The number of thiol groups is 1. The van der Waals surface area contributed by atoms with E-state index in [1.165, 1.54) is 0 Å². The van der Waals surface area contributed by atoms with Crippen LogP contribution in [0, 0.1) is 0 Å². The van der Waals surface area contributed by atoms with E-state index in [9.17, 15) is 9.59 Å². The van der Waals surface area contributed by atoms with Crippen LogP contribution in [0.3, 0.4) is 0 Å². The average molecular weight is 236 g/mol. The van der Waals surface area contributed by atoms with Gasteiger partial charge in [-0.3, -0.25) is 9.59 Å². The van der Waals surface area contributed by atoms with E-state index in [0.717, 1.165) is 16.9 Å². The van der Waals surface area contributed by atoms with E-state index >= 15 is 0 Å². The van der Waals surface area contributed by atoms with E-state index < -0.39 is 0 Å². The van der Waals surface area contributed by atoms with Crippen molar-refractivity contribution in [3.05, 3.63) is 23.8 Å². The number of aryl methyl sites for hydroxylation is 1. The molecule has 1 aliphatic heterocycles. The number of amides is 2. The second kappa shape index (κ2) is 4.57. The van der Waals surface area contributed by atoms with E-state index in [4.69, 9.17) is 0 Å². The van der Waals surface area contributed by atoms with Crippen LogP contribution in [0.1, 0.15) is 12.0 Å². The van der Waals surface area contributed by atoms with E-state index in [1.807, 2.05) is 6.07 Å². The molecule has 0 unspecified atom stereocenters. The van der Waals surface area contributed by atoms with Gasteiger partial charge in [-0.15, -0.1) is 0 Å². The molecule has 0 fully saturated rings. The Bertz CT molecular complexity index is 446. The fraction of sp³-hybridized carbons (Fsp3) is 0.273. The van der Waals surface area contributed by atoms with Crippen LogP contribution >= 0.6 is 12.6 Å². The van der Waals surface area contributed by atoms with Crippen LogP contribution in [0.2, 0.25) is 0 Å². The molecule has 0 radical (unpaired) electrons. The van der Waals surface area contributed by atoms with Gasteiger partial charge in [-0.05, 0) is 30.2 Å². The van der Waals surface area contributed by atoms with Gasteiger partial charge < -0.3 is 10.6 Å². The highest BCUT2D eigenvalue weighted by Gasteiger charge is 2.14. The summed E-state index contributed by atoms with van der Waals surface area (Å²) in [5, 5.41) is 5.51. The van der Waals surface area contributed by atoms with Crippen LogP contribution in [0.5, 0.6) is 0 Å². The minimum atomic E-state index is -0.136. The number of fused-ring (bicyclic) bond motifs is 1. The molecule has 0 aliphatic carbocycles. The third-order valence-electron chi connectivity index (χ3n) is 2.43. The maximum absolute atomic E-state index is 11.1. The Hall–Kier alpha value is -1.49. The molecule has 0 bridgehead atoms. The summed E-state index contributed by atoms with van der Waals surface area (Å²) in [5.74, 6) is 0.0659. The number of carbonyl (C=O) groups is 2. The highest BCUT2D eigenvalue weighted by Crippen LogP contribution is 2.25. The average Bonchev–Trinajstić information content (AvgIpc) is 2.29. The third-order valence-corrected chi connectivity index (χ3v) is 2.72. The lowest BCUT2D eigenvalue weighted by Gasteiger charge is -2.17. The highest BCUT2D eigenvalue weighted by molar-refractivity contribution is 7.81. The smallest absolute Gasteiger partial charge is 0.234 e. The van der Waals surface area contributed by atoms with Gasteiger partial charge in [0.05, 0.1) is 5.75 Å². The van der Waals surface area contributed by atoms with Crippen LogP contribution in [0.4, 0.5) is 11.4 Å². The van der Waals surface area contributed by atoms with Gasteiger partial charge in [0.15, 0.2) is 0 Å². The minimum absolute atomic E-state index is 0.0413. The van der Waals surface area contributed by atoms with Gasteiger partial charge in [0, 0.05) is 17.8 Å². The fourth-order valence-electron chi connectivity index (χ4n) is 1.66. The van der Waals surface area contributed by atoms with E-state index in [0.29, 0.717) is 12.8 Å². The van der Waals surface area contributed by atoms with Gasteiger partial charge >= 0.3 is 0 Å². The first kappa shape index (κ1) is 11.0. The van der Waals surface area contributed by atoms with Gasteiger partial charge in [-0.25, -0.2) is 0 Å². The van der Waals surface area contributed by atoms with E-state index in [2.05, 4.69) is 23.3 Å². The van der Waals surface area contributed by atoms with Crippen molar-refractivity contribution >= 4 is 35.8 Å². The summed E-state index contributed by atoms with van der Waals surface area (Å²) in [4.78, 5) is 22.3. The van der Waals surface area contributed by atoms with Crippen molar-refractivity contribution in [3.8, 4) is 0 Å². The molecule has 1 aliphatic rings. The predicted octanol–water partition coefficient (Wildman–Crippen LogP) is 1.44. The number of carbonyl (C=O) groups excluding carboxylic acids is 2. The molecular weight excluding hydrogens is 224 g/mol. The van der Waals surface area contributed by atoms with Gasteiger partial charge in [0.25, 0.3) is 0 Å². The van der Waals surface area contributed by atoms with Crippen LogP contribution in [0.15, 0.2) is 18.2 Å². The van der Waals surface area contributed by atoms with Crippen molar-refractivity contribution in [3.63, 3.8) is 0 Å². The molecule has 0 aromatic heterocycles. The van der Waals surface area contributed by atoms with Crippen LogP contribution in [-0.4, -0.2) is 17.6 Å². The Morgan fingerprint density at radius 3 is 3.00 bits per heavy atom. The van der Waals surface area contributed by atoms with Gasteiger partial charge in [-0.2, -0.15) is 12.6 Å². The minimum Gasteiger partial charge on any atom is -0.326 e. The first-order valence-corrected chi connectivity index (χ1v) is 5.66. The van der Waals surface area contributed by atoms with E-state index in [-0.39, 0.29) is 17.6 Å².